The molecule has 5 heteroatoms. The molecule has 0 unspecified atom stereocenters. The minimum absolute atomic E-state index is 0.725. The number of pyridine rings is 1. The van der Waals surface area contributed by atoms with Crippen LogP contribution in [0.25, 0.3) is 10.9 Å². The number of aromatic nitrogens is 1. The van der Waals surface area contributed by atoms with Crippen molar-refractivity contribution in [2.75, 3.05) is 26.6 Å². The molecule has 0 saturated carbocycles. The van der Waals surface area contributed by atoms with Crippen molar-refractivity contribution in [1.82, 2.24) is 4.98 Å². The van der Waals surface area contributed by atoms with Crippen molar-refractivity contribution < 1.29 is 14.2 Å². The molecule has 2 aromatic carbocycles. The SMILES string of the molecule is COc1cc(Nc2ccnc3ccc(OC)cc23)cc(OC)c1. The Morgan fingerprint density at radius 1 is 0.783 bits per heavy atom. The first-order valence-electron chi connectivity index (χ1n) is 7.16. The first kappa shape index (κ1) is 15.0. The fraction of sp³-hybridized carbons (Fsp3) is 0.167. The van der Waals surface area contributed by atoms with Crippen LogP contribution in [0.3, 0.4) is 0 Å². The largest absolute Gasteiger partial charge is 0.497 e. The smallest absolute Gasteiger partial charge is 0.124 e. The molecule has 0 saturated heterocycles. The van der Waals surface area contributed by atoms with Crippen LogP contribution in [0, 0.1) is 0 Å². The monoisotopic (exact) mass is 310 g/mol. The van der Waals surface area contributed by atoms with Gasteiger partial charge in [0.2, 0.25) is 0 Å². The van der Waals surface area contributed by atoms with Gasteiger partial charge < -0.3 is 19.5 Å². The highest BCUT2D eigenvalue weighted by Gasteiger charge is 2.07. The van der Waals surface area contributed by atoms with E-state index in [9.17, 15) is 0 Å². The summed E-state index contributed by atoms with van der Waals surface area (Å²) >= 11 is 0. The maximum Gasteiger partial charge on any atom is 0.124 e. The van der Waals surface area contributed by atoms with Crippen LogP contribution in [-0.4, -0.2) is 26.3 Å². The Balaban J connectivity index is 2.04. The summed E-state index contributed by atoms with van der Waals surface area (Å²) in [6, 6.07) is 13.4. The molecule has 5 nitrogen and oxygen atoms in total. The highest BCUT2D eigenvalue weighted by Crippen LogP contribution is 2.31. The normalized spacial score (nSPS) is 10.4. The number of methoxy groups -OCH3 is 3. The van der Waals surface area contributed by atoms with E-state index in [0.29, 0.717) is 0 Å². The van der Waals surface area contributed by atoms with E-state index in [1.54, 1.807) is 27.5 Å². The van der Waals surface area contributed by atoms with Gasteiger partial charge in [-0.25, -0.2) is 0 Å². The highest BCUT2D eigenvalue weighted by atomic mass is 16.5. The van der Waals surface area contributed by atoms with Crippen molar-refractivity contribution >= 4 is 22.3 Å². The summed E-state index contributed by atoms with van der Waals surface area (Å²) < 4.78 is 15.9. The lowest BCUT2D eigenvalue weighted by Crippen LogP contribution is -1.95. The lowest BCUT2D eigenvalue weighted by Gasteiger charge is -2.13. The van der Waals surface area contributed by atoms with Gasteiger partial charge in [-0.05, 0) is 24.3 Å². The zero-order valence-electron chi connectivity index (χ0n) is 13.3. The highest BCUT2D eigenvalue weighted by molar-refractivity contribution is 5.93. The number of rotatable bonds is 5. The number of nitrogens with zero attached hydrogens (tertiary/aromatic N) is 1. The third kappa shape index (κ3) is 3.13. The first-order valence-corrected chi connectivity index (χ1v) is 7.16. The van der Waals surface area contributed by atoms with Gasteiger partial charge in [-0.15, -0.1) is 0 Å². The molecule has 0 aliphatic carbocycles. The average molecular weight is 310 g/mol. The Kier molecular flexibility index (Phi) is 4.19. The van der Waals surface area contributed by atoms with Crippen molar-refractivity contribution in [3.05, 3.63) is 48.7 Å². The quantitative estimate of drug-likeness (QED) is 0.772. The number of fused-ring (bicyclic) bond motifs is 1. The van der Waals surface area contributed by atoms with Crippen molar-refractivity contribution in [3.8, 4) is 17.2 Å². The van der Waals surface area contributed by atoms with Crippen molar-refractivity contribution in [3.63, 3.8) is 0 Å². The van der Waals surface area contributed by atoms with Gasteiger partial charge in [0.25, 0.3) is 0 Å². The van der Waals surface area contributed by atoms with Gasteiger partial charge in [-0.3, -0.25) is 4.98 Å². The molecule has 1 N–H and O–H groups in total. The molecule has 3 aromatic rings. The topological polar surface area (TPSA) is 52.6 Å². The molecule has 0 aliphatic heterocycles. The summed E-state index contributed by atoms with van der Waals surface area (Å²) in [5.41, 5.74) is 2.70. The minimum atomic E-state index is 0.725. The van der Waals surface area contributed by atoms with Gasteiger partial charge in [0.15, 0.2) is 0 Å². The molecule has 0 bridgehead atoms. The van der Waals surface area contributed by atoms with Gasteiger partial charge in [-0.2, -0.15) is 0 Å². The molecule has 0 radical (unpaired) electrons. The second-order valence-electron chi connectivity index (χ2n) is 4.97. The number of hydrogen-bond acceptors (Lipinski definition) is 5. The third-order valence-electron chi connectivity index (χ3n) is 3.58. The van der Waals surface area contributed by atoms with Crippen LogP contribution in [0.1, 0.15) is 0 Å². The lowest BCUT2D eigenvalue weighted by molar-refractivity contribution is 0.395. The standard InChI is InChI=1S/C18H18N2O3/c1-21-13-4-5-17-16(11-13)18(6-7-19-17)20-12-8-14(22-2)10-15(9-12)23-3/h4-11H,1-3H3,(H,19,20). The molecule has 0 spiro atoms. The molecule has 23 heavy (non-hydrogen) atoms. The molecule has 118 valence electrons. The lowest BCUT2D eigenvalue weighted by atomic mass is 10.1. The average Bonchev–Trinajstić information content (AvgIpc) is 2.61. The zero-order valence-corrected chi connectivity index (χ0v) is 13.3. The Hall–Kier alpha value is -2.95. The van der Waals surface area contributed by atoms with Gasteiger partial charge >= 0.3 is 0 Å². The molecule has 0 aliphatic rings. The summed E-state index contributed by atoms with van der Waals surface area (Å²) in [7, 11) is 4.91. The predicted octanol–water partition coefficient (Wildman–Crippen LogP) is 4.00. The Morgan fingerprint density at radius 2 is 1.48 bits per heavy atom. The van der Waals surface area contributed by atoms with Crippen molar-refractivity contribution in [2.45, 2.75) is 0 Å². The molecule has 3 rings (SSSR count). The maximum atomic E-state index is 5.31. The molecule has 0 fully saturated rings. The van der Waals surface area contributed by atoms with E-state index in [-0.39, 0.29) is 0 Å². The minimum Gasteiger partial charge on any atom is -0.497 e. The fourth-order valence-electron chi connectivity index (χ4n) is 2.40. The van der Waals surface area contributed by atoms with E-state index in [1.807, 2.05) is 42.5 Å². The van der Waals surface area contributed by atoms with Gasteiger partial charge in [0.1, 0.15) is 17.2 Å². The molecule has 0 atom stereocenters. The van der Waals surface area contributed by atoms with E-state index >= 15 is 0 Å². The third-order valence-corrected chi connectivity index (χ3v) is 3.58. The van der Waals surface area contributed by atoms with Crippen molar-refractivity contribution in [1.29, 1.82) is 0 Å². The van der Waals surface area contributed by atoms with E-state index in [2.05, 4.69) is 10.3 Å². The summed E-state index contributed by atoms with van der Waals surface area (Å²) in [6.45, 7) is 0. The Bertz CT molecular complexity index is 811. The van der Waals surface area contributed by atoms with Crippen LogP contribution < -0.4 is 19.5 Å². The summed E-state index contributed by atoms with van der Waals surface area (Å²) in [5, 5.41) is 4.37. The van der Waals surface area contributed by atoms with Crippen LogP contribution in [0.5, 0.6) is 17.2 Å². The predicted molar refractivity (Wildman–Crippen MR) is 91.1 cm³/mol. The Labute approximate surface area is 134 Å². The molecule has 1 aromatic heterocycles. The van der Waals surface area contributed by atoms with E-state index in [4.69, 9.17) is 14.2 Å². The van der Waals surface area contributed by atoms with Gasteiger partial charge in [-0.1, -0.05) is 0 Å². The second-order valence-corrected chi connectivity index (χ2v) is 4.97. The number of benzene rings is 2. The molecule has 1 heterocycles. The van der Waals surface area contributed by atoms with Crippen LogP contribution >= 0.6 is 0 Å². The van der Waals surface area contributed by atoms with Gasteiger partial charge in [0, 0.05) is 41.2 Å². The van der Waals surface area contributed by atoms with Crippen molar-refractivity contribution in [2.24, 2.45) is 0 Å². The number of hydrogen-bond donors (Lipinski definition) is 1. The molecular weight excluding hydrogens is 292 g/mol. The summed E-state index contributed by atoms with van der Waals surface area (Å²) in [5.74, 6) is 2.24. The van der Waals surface area contributed by atoms with Crippen LogP contribution in [0.4, 0.5) is 11.4 Å². The number of nitrogens with one attached hydrogen (secondary N) is 1. The number of ether oxygens (including phenoxy) is 3. The molecular formula is C18H18N2O3. The Morgan fingerprint density at radius 3 is 2.13 bits per heavy atom. The maximum absolute atomic E-state index is 5.31. The van der Waals surface area contributed by atoms with E-state index < -0.39 is 0 Å². The zero-order chi connectivity index (χ0) is 16.2. The van der Waals surface area contributed by atoms with E-state index in [1.165, 1.54) is 0 Å². The van der Waals surface area contributed by atoms with Crippen LogP contribution in [-0.2, 0) is 0 Å². The van der Waals surface area contributed by atoms with Crippen LogP contribution in [0.15, 0.2) is 48.7 Å². The first-order chi connectivity index (χ1) is 11.2. The van der Waals surface area contributed by atoms with Crippen LogP contribution in [0.2, 0.25) is 0 Å². The fourth-order valence-corrected chi connectivity index (χ4v) is 2.40. The molecule has 0 amide bonds. The van der Waals surface area contributed by atoms with Gasteiger partial charge in [0.05, 0.1) is 26.8 Å². The number of anilines is 2. The summed E-state index contributed by atoms with van der Waals surface area (Å²) in [4.78, 5) is 4.38. The summed E-state index contributed by atoms with van der Waals surface area (Å²) in [6.07, 6.45) is 1.77. The van der Waals surface area contributed by atoms with E-state index in [0.717, 1.165) is 39.5 Å². The second kappa shape index (κ2) is 6.44.